The third-order valence-corrected chi connectivity index (χ3v) is 6.23. The molecule has 1 aliphatic carbocycles. The molecule has 8 nitrogen and oxygen atoms in total. The largest absolute Gasteiger partial charge is 0.493 e. The van der Waals surface area contributed by atoms with Crippen LogP contribution in [0.4, 0.5) is 5.95 Å². The minimum atomic E-state index is -0.385. The molecule has 9 heteroatoms. The summed E-state index contributed by atoms with van der Waals surface area (Å²) >= 11 is 6.12. The number of anilines is 1. The van der Waals surface area contributed by atoms with E-state index in [4.69, 9.17) is 35.9 Å². The van der Waals surface area contributed by atoms with Crippen LogP contribution in [0.15, 0.2) is 47.7 Å². The van der Waals surface area contributed by atoms with Crippen molar-refractivity contribution in [3.8, 4) is 28.6 Å². The van der Waals surface area contributed by atoms with Gasteiger partial charge in [-0.3, -0.25) is 4.79 Å². The quantitative estimate of drug-likeness (QED) is 0.585. The summed E-state index contributed by atoms with van der Waals surface area (Å²) in [6.45, 7) is 0. The van der Waals surface area contributed by atoms with Gasteiger partial charge in [0.1, 0.15) is 6.04 Å². The van der Waals surface area contributed by atoms with Crippen molar-refractivity contribution in [1.82, 2.24) is 14.8 Å². The maximum atomic E-state index is 13.0. The van der Waals surface area contributed by atoms with E-state index in [0.717, 1.165) is 29.7 Å². The second-order valence-electron chi connectivity index (χ2n) is 7.87. The van der Waals surface area contributed by atoms with Crippen molar-refractivity contribution < 1.29 is 19.0 Å². The van der Waals surface area contributed by atoms with Gasteiger partial charge in [-0.2, -0.15) is 4.98 Å². The van der Waals surface area contributed by atoms with Gasteiger partial charge in [-0.1, -0.05) is 23.7 Å². The molecule has 0 spiro atoms. The molecule has 0 unspecified atom stereocenters. The van der Waals surface area contributed by atoms with Gasteiger partial charge in [-0.15, -0.1) is 5.10 Å². The second-order valence-corrected chi connectivity index (χ2v) is 8.30. The number of ether oxygens (including phenoxy) is 3. The number of nitrogens with zero attached hydrogens (tertiary/aromatic N) is 3. The number of fused-ring (bicyclic) bond motifs is 1. The van der Waals surface area contributed by atoms with Gasteiger partial charge in [0, 0.05) is 28.3 Å². The standard InChI is InChI=1S/C24H23ClN4O4/c1-31-18-11-14(12-19(32-2)22(18)33-3)23-27-24-26-16-5-4-6-17(30)20(16)21(29(24)28-23)13-7-9-15(25)10-8-13/h7-12,21H,4-6H2,1-3H3,(H,26,27,28)/t21-/m1/s1. The van der Waals surface area contributed by atoms with Crippen molar-refractivity contribution in [3.05, 3.63) is 58.3 Å². The minimum absolute atomic E-state index is 0.124. The zero-order chi connectivity index (χ0) is 23.1. The molecule has 3 aromatic rings. The molecule has 1 aromatic heterocycles. The summed E-state index contributed by atoms with van der Waals surface area (Å²) in [6.07, 6.45) is 2.12. The monoisotopic (exact) mass is 466 g/mol. The summed E-state index contributed by atoms with van der Waals surface area (Å²) in [5.74, 6) is 2.69. The van der Waals surface area contributed by atoms with Gasteiger partial charge in [0.2, 0.25) is 11.7 Å². The van der Waals surface area contributed by atoms with E-state index in [9.17, 15) is 4.79 Å². The Kier molecular flexibility index (Phi) is 5.46. The Labute approximate surface area is 196 Å². The van der Waals surface area contributed by atoms with Crippen LogP contribution < -0.4 is 19.5 Å². The molecule has 2 heterocycles. The molecule has 0 fully saturated rings. The lowest BCUT2D eigenvalue weighted by molar-refractivity contribution is -0.116. The highest BCUT2D eigenvalue weighted by Gasteiger charge is 2.37. The average Bonchev–Trinajstić information content (AvgIpc) is 3.26. The lowest BCUT2D eigenvalue weighted by atomic mass is 9.85. The second kappa shape index (κ2) is 8.44. The Hall–Kier alpha value is -3.52. The molecule has 1 atom stereocenters. The first-order valence-corrected chi connectivity index (χ1v) is 11.0. The van der Waals surface area contributed by atoms with Crippen LogP contribution in [0.2, 0.25) is 5.02 Å². The summed E-state index contributed by atoms with van der Waals surface area (Å²) in [6, 6.07) is 10.7. The fraction of sp³-hybridized carbons (Fsp3) is 0.292. The van der Waals surface area contributed by atoms with Crippen LogP contribution in [-0.4, -0.2) is 41.9 Å². The Balaban J connectivity index is 1.66. The Bertz CT molecular complexity index is 1240. The SMILES string of the molecule is COc1cc(-c2nc3n(n2)[C@H](c2ccc(Cl)cc2)C2=C(CCCC2=O)N3)cc(OC)c1OC. The number of halogens is 1. The Morgan fingerprint density at radius 2 is 1.73 bits per heavy atom. The number of ketones is 1. The molecule has 0 bridgehead atoms. The van der Waals surface area contributed by atoms with Gasteiger partial charge in [-0.05, 0) is 42.7 Å². The molecule has 0 radical (unpaired) electrons. The first kappa shape index (κ1) is 21.3. The predicted molar refractivity (Wildman–Crippen MR) is 124 cm³/mol. The summed E-state index contributed by atoms with van der Waals surface area (Å²) in [5.41, 5.74) is 3.26. The van der Waals surface area contributed by atoms with E-state index in [1.54, 1.807) is 38.1 Å². The number of hydrogen-bond acceptors (Lipinski definition) is 7. The van der Waals surface area contributed by atoms with E-state index in [1.807, 2.05) is 24.3 Å². The lowest BCUT2D eigenvalue weighted by Crippen LogP contribution is -2.31. The van der Waals surface area contributed by atoms with Crippen molar-refractivity contribution in [2.24, 2.45) is 0 Å². The van der Waals surface area contributed by atoms with E-state index in [-0.39, 0.29) is 11.8 Å². The number of methoxy groups -OCH3 is 3. The zero-order valence-electron chi connectivity index (χ0n) is 18.5. The van der Waals surface area contributed by atoms with E-state index in [1.165, 1.54) is 0 Å². The number of allylic oxidation sites excluding steroid dienone is 2. The van der Waals surface area contributed by atoms with E-state index < -0.39 is 0 Å². The number of carbonyl (C=O) groups is 1. The van der Waals surface area contributed by atoms with Crippen LogP contribution in [0.3, 0.4) is 0 Å². The first-order valence-electron chi connectivity index (χ1n) is 10.6. The molecule has 2 aromatic carbocycles. The number of aromatic nitrogens is 3. The van der Waals surface area contributed by atoms with E-state index in [2.05, 4.69) is 5.32 Å². The average molecular weight is 467 g/mol. The van der Waals surface area contributed by atoms with Crippen molar-refractivity contribution in [1.29, 1.82) is 0 Å². The fourth-order valence-corrected chi connectivity index (χ4v) is 4.57. The van der Waals surface area contributed by atoms with Gasteiger partial charge < -0.3 is 19.5 Å². The van der Waals surface area contributed by atoms with Gasteiger partial charge in [-0.25, -0.2) is 4.68 Å². The molecule has 33 heavy (non-hydrogen) atoms. The zero-order valence-corrected chi connectivity index (χ0v) is 19.3. The summed E-state index contributed by atoms with van der Waals surface area (Å²) in [7, 11) is 4.68. The normalized spacial score (nSPS) is 17.2. The summed E-state index contributed by atoms with van der Waals surface area (Å²) < 4.78 is 18.2. The van der Waals surface area contributed by atoms with Gasteiger partial charge in [0.15, 0.2) is 23.1 Å². The van der Waals surface area contributed by atoms with Gasteiger partial charge in [0.25, 0.3) is 0 Å². The Morgan fingerprint density at radius 3 is 2.36 bits per heavy atom. The number of Topliss-reactive ketones (excluding diaryl/α,β-unsaturated/α-hetero) is 1. The van der Waals surface area contributed by atoms with Crippen LogP contribution in [-0.2, 0) is 4.79 Å². The highest BCUT2D eigenvalue weighted by atomic mass is 35.5. The highest BCUT2D eigenvalue weighted by molar-refractivity contribution is 6.30. The van der Waals surface area contributed by atoms with Gasteiger partial charge in [0.05, 0.1) is 21.3 Å². The molecule has 170 valence electrons. The van der Waals surface area contributed by atoms with Crippen molar-refractivity contribution in [2.45, 2.75) is 25.3 Å². The maximum Gasteiger partial charge on any atom is 0.226 e. The smallest absolute Gasteiger partial charge is 0.226 e. The maximum absolute atomic E-state index is 13.0. The molecule has 5 rings (SSSR count). The van der Waals surface area contributed by atoms with Crippen LogP contribution >= 0.6 is 11.6 Å². The van der Waals surface area contributed by atoms with Crippen LogP contribution in [0.25, 0.3) is 11.4 Å². The molecule has 0 saturated carbocycles. The highest BCUT2D eigenvalue weighted by Crippen LogP contribution is 2.43. The lowest BCUT2D eigenvalue weighted by Gasteiger charge is -2.32. The molecule has 0 amide bonds. The minimum Gasteiger partial charge on any atom is -0.493 e. The van der Waals surface area contributed by atoms with Crippen LogP contribution in [0, 0.1) is 0 Å². The number of hydrogen-bond donors (Lipinski definition) is 1. The first-order chi connectivity index (χ1) is 16.0. The topological polar surface area (TPSA) is 87.5 Å². The molecule has 2 aliphatic rings. The number of rotatable bonds is 5. The van der Waals surface area contributed by atoms with Crippen molar-refractivity contribution >= 4 is 23.3 Å². The number of nitrogens with one attached hydrogen (secondary N) is 1. The summed E-state index contributed by atoms with van der Waals surface area (Å²) in [5, 5.41) is 8.78. The fourth-order valence-electron chi connectivity index (χ4n) is 4.44. The van der Waals surface area contributed by atoms with Crippen LogP contribution in [0.5, 0.6) is 17.2 Å². The van der Waals surface area contributed by atoms with Crippen molar-refractivity contribution in [3.63, 3.8) is 0 Å². The molecular weight excluding hydrogens is 444 g/mol. The molecular formula is C24H23ClN4O4. The molecule has 1 aliphatic heterocycles. The third-order valence-electron chi connectivity index (χ3n) is 5.98. The Morgan fingerprint density at radius 1 is 1.03 bits per heavy atom. The predicted octanol–water partition coefficient (Wildman–Crippen LogP) is 4.65. The number of benzene rings is 2. The molecule has 0 saturated heterocycles. The summed E-state index contributed by atoms with van der Waals surface area (Å²) in [4.78, 5) is 17.7. The van der Waals surface area contributed by atoms with E-state index in [0.29, 0.717) is 46.0 Å². The van der Waals surface area contributed by atoms with E-state index >= 15 is 0 Å². The van der Waals surface area contributed by atoms with Gasteiger partial charge >= 0.3 is 0 Å². The van der Waals surface area contributed by atoms with Crippen molar-refractivity contribution in [2.75, 3.05) is 26.6 Å². The molecule has 1 N–H and O–H groups in total. The van der Waals surface area contributed by atoms with Crippen LogP contribution in [0.1, 0.15) is 30.9 Å². The third kappa shape index (κ3) is 3.60. The number of carbonyl (C=O) groups excluding carboxylic acids is 1.